The second-order valence-corrected chi connectivity index (χ2v) is 10.5. The van der Waals surface area contributed by atoms with Gasteiger partial charge >= 0.3 is 5.97 Å². The Labute approximate surface area is 161 Å². The van der Waals surface area contributed by atoms with Crippen LogP contribution in [0, 0.1) is 40.4 Å². The minimum atomic E-state index is -0.170. The van der Waals surface area contributed by atoms with Crippen LogP contribution in [0.5, 0.6) is 0 Å². The molecule has 8 atom stereocenters. The van der Waals surface area contributed by atoms with Crippen LogP contribution in [-0.4, -0.2) is 17.4 Å². The van der Waals surface area contributed by atoms with Gasteiger partial charge in [-0.15, -0.1) is 0 Å². The number of allylic oxidation sites excluding steroid dienone is 4. The second-order valence-electron chi connectivity index (χ2n) is 10.5. The van der Waals surface area contributed by atoms with Crippen molar-refractivity contribution in [2.45, 2.75) is 70.8 Å². The molecule has 1 unspecified atom stereocenters. The van der Waals surface area contributed by atoms with E-state index in [0.29, 0.717) is 42.3 Å². The molecule has 5 aliphatic carbocycles. The quantitative estimate of drug-likeness (QED) is 0.636. The number of hydrogen-bond acceptors (Lipinski definition) is 3. The molecule has 1 aliphatic heterocycles. The van der Waals surface area contributed by atoms with Crippen molar-refractivity contribution in [3.05, 3.63) is 23.8 Å². The van der Waals surface area contributed by atoms with Gasteiger partial charge in [0.05, 0.1) is 0 Å². The first-order valence-corrected chi connectivity index (χ1v) is 11.1. The molecule has 0 bridgehead atoms. The van der Waals surface area contributed by atoms with Crippen molar-refractivity contribution >= 4 is 11.8 Å². The van der Waals surface area contributed by atoms with E-state index >= 15 is 0 Å². The smallest absolute Gasteiger partial charge is 0.306 e. The van der Waals surface area contributed by atoms with Crippen molar-refractivity contribution in [3.63, 3.8) is 0 Å². The summed E-state index contributed by atoms with van der Waals surface area (Å²) in [6, 6.07) is 0. The molecule has 0 aromatic carbocycles. The Bertz CT molecular complexity index is 808. The zero-order valence-corrected chi connectivity index (χ0v) is 16.5. The highest BCUT2D eigenvalue weighted by atomic mass is 16.6. The van der Waals surface area contributed by atoms with E-state index in [1.54, 1.807) is 0 Å². The second kappa shape index (κ2) is 4.96. The van der Waals surface area contributed by atoms with E-state index in [9.17, 15) is 9.59 Å². The average Bonchev–Trinajstić information content (AvgIpc) is 3.29. The van der Waals surface area contributed by atoms with Crippen LogP contribution in [0.15, 0.2) is 23.8 Å². The van der Waals surface area contributed by atoms with E-state index in [-0.39, 0.29) is 22.4 Å². The van der Waals surface area contributed by atoms with E-state index in [1.165, 1.54) is 24.8 Å². The number of rotatable bonds is 1. The summed E-state index contributed by atoms with van der Waals surface area (Å²) in [4.78, 5) is 24.2. The summed E-state index contributed by atoms with van der Waals surface area (Å²) < 4.78 is 6.17. The Morgan fingerprint density at radius 2 is 2.00 bits per heavy atom. The summed E-state index contributed by atoms with van der Waals surface area (Å²) in [6.07, 6.45) is 14.8. The van der Waals surface area contributed by atoms with Gasteiger partial charge in [-0.05, 0) is 79.3 Å². The molecule has 27 heavy (non-hydrogen) atoms. The Morgan fingerprint density at radius 1 is 1.15 bits per heavy atom. The third-order valence-electron chi connectivity index (χ3n) is 10.0. The minimum Gasteiger partial charge on any atom is -0.458 e. The fourth-order valence-corrected chi connectivity index (χ4v) is 8.82. The fraction of sp³-hybridized carbons (Fsp3) is 0.750. The lowest BCUT2D eigenvalue weighted by Crippen LogP contribution is -2.56. The van der Waals surface area contributed by atoms with Crippen LogP contribution in [0.2, 0.25) is 0 Å². The van der Waals surface area contributed by atoms with Gasteiger partial charge in [-0.3, -0.25) is 9.59 Å². The van der Waals surface area contributed by atoms with Crippen molar-refractivity contribution in [1.29, 1.82) is 0 Å². The number of ether oxygens (including phenoxy) is 1. The van der Waals surface area contributed by atoms with Crippen LogP contribution in [0.4, 0.5) is 0 Å². The van der Waals surface area contributed by atoms with Crippen LogP contribution in [0.3, 0.4) is 0 Å². The summed E-state index contributed by atoms with van der Waals surface area (Å²) in [5.74, 6) is 3.56. The third-order valence-corrected chi connectivity index (χ3v) is 10.0. The summed E-state index contributed by atoms with van der Waals surface area (Å²) in [6.45, 7) is 4.77. The summed E-state index contributed by atoms with van der Waals surface area (Å²) in [5, 5.41) is 0. The molecule has 6 aliphatic rings. The molecule has 0 N–H and O–H groups in total. The van der Waals surface area contributed by atoms with Crippen LogP contribution >= 0.6 is 0 Å². The molecule has 1 heterocycles. The van der Waals surface area contributed by atoms with Crippen molar-refractivity contribution in [3.8, 4) is 0 Å². The summed E-state index contributed by atoms with van der Waals surface area (Å²) in [5.41, 5.74) is 1.47. The molecule has 1 spiro atoms. The first-order chi connectivity index (χ1) is 13.0. The fourth-order valence-electron chi connectivity index (χ4n) is 8.82. The topological polar surface area (TPSA) is 43.4 Å². The molecule has 4 fully saturated rings. The predicted octanol–water partition coefficient (Wildman–Crippen LogP) is 4.62. The lowest BCUT2D eigenvalue weighted by molar-refractivity contribution is -0.173. The maximum Gasteiger partial charge on any atom is 0.306 e. The molecule has 3 nitrogen and oxygen atoms in total. The predicted molar refractivity (Wildman–Crippen MR) is 102 cm³/mol. The van der Waals surface area contributed by atoms with E-state index < -0.39 is 0 Å². The number of fused-ring (bicyclic) bond motifs is 9. The van der Waals surface area contributed by atoms with Gasteiger partial charge in [0.15, 0.2) is 5.78 Å². The van der Waals surface area contributed by atoms with Crippen molar-refractivity contribution in [2.75, 3.05) is 0 Å². The van der Waals surface area contributed by atoms with Gasteiger partial charge in [-0.2, -0.15) is 0 Å². The number of esters is 1. The molecule has 3 heteroatoms. The standard InChI is InChI=1S/C24H30O3/c1-3-23-10-6-15(25)12-14(23)4-5-16-18(23)7-9-22(2)21(16)17-13-19(17)24(22)11-8-20(26)27-24/h4-5,12,16-19,21H,3,6-11,13H2,1-2H3/t16-,17-,18+,19+,21-,22+,23+,24?/m1/s1. The molecule has 6 rings (SSSR count). The maximum absolute atomic E-state index is 12.1. The molecule has 0 aromatic heterocycles. The van der Waals surface area contributed by atoms with Crippen LogP contribution < -0.4 is 0 Å². The van der Waals surface area contributed by atoms with Gasteiger partial charge in [0.1, 0.15) is 5.60 Å². The Balaban J connectivity index is 1.44. The molecule has 0 aromatic rings. The summed E-state index contributed by atoms with van der Waals surface area (Å²) in [7, 11) is 0. The van der Waals surface area contributed by atoms with Gasteiger partial charge in [0, 0.05) is 24.2 Å². The zero-order chi connectivity index (χ0) is 18.6. The Morgan fingerprint density at radius 3 is 2.74 bits per heavy atom. The normalized spacial score (nSPS) is 54.7. The van der Waals surface area contributed by atoms with Gasteiger partial charge < -0.3 is 4.74 Å². The molecule has 144 valence electrons. The van der Waals surface area contributed by atoms with E-state index in [2.05, 4.69) is 26.0 Å². The first kappa shape index (κ1) is 16.6. The van der Waals surface area contributed by atoms with Gasteiger partial charge in [0.25, 0.3) is 0 Å². The minimum absolute atomic E-state index is 0.0323. The summed E-state index contributed by atoms with van der Waals surface area (Å²) >= 11 is 0. The van der Waals surface area contributed by atoms with Crippen LogP contribution in [-0.2, 0) is 14.3 Å². The molecule has 3 saturated carbocycles. The van der Waals surface area contributed by atoms with Crippen molar-refractivity contribution in [1.82, 2.24) is 0 Å². The number of carbonyl (C=O) groups excluding carboxylic acids is 2. The van der Waals surface area contributed by atoms with Gasteiger partial charge in [-0.25, -0.2) is 0 Å². The average molecular weight is 367 g/mol. The lowest BCUT2D eigenvalue weighted by atomic mass is 9.46. The molecule has 1 saturated heterocycles. The van der Waals surface area contributed by atoms with E-state index in [1.807, 2.05) is 6.08 Å². The molecular formula is C24H30O3. The first-order valence-electron chi connectivity index (χ1n) is 11.1. The number of carbonyl (C=O) groups is 2. The number of hydrogen-bond donors (Lipinski definition) is 0. The molecule has 0 radical (unpaired) electrons. The van der Waals surface area contributed by atoms with Crippen LogP contribution in [0.25, 0.3) is 0 Å². The van der Waals surface area contributed by atoms with Gasteiger partial charge in [0.2, 0.25) is 0 Å². The zero-order valence-electron chi connectivity index (χ0n) is 16.5. The number of ketones is 1. The highest BCUT2D eigenvalue weighted by Gasteiger charge is 2.78. The molecular weight excluding hydrogens is 336 g/mol. The maximum atomic E-state index is 12.1. The van der Waals surface area contributed by atoms with Gasteiger partial charge in [-0.1, -0.05) is 26.0 Å². The van der Waals surface area contributed by atoms with Crippen LogP contribution in [0.1, 0.15) is 65.2 Å². The van der Waals surface area contributed by atoms with E-state index in [0.717, 1.165) is 25.2 Å². The van der Waals surface area contributed by atoms with E-state index in [4.69, 9.17) is 4.74 Å². The molecule has 0 amide bonds. The highest BCUT2D eigenvalue weighted by molar-refractivity contribution is 5.92. The Kier molecular flexibility index (Phi) is 3.04. The monoisotopic (exact) mass is 366 g/mol. The van der Waals surface area contributed by atoms with Crippen molar-refractivity contribution in [2.24, 2.45) is 40.4 Å². The largest absolute Gasteiger partial charge is 0.458 e. The van der Waals surface area contributed by atoms with Crippen molar-refractivity contribution < 1.29 is 14.3 Å². The third kappa shape index (κ3) is 1.76. The Hall–Kier alpha value is -1.38. The SMILES string of the molecule is CC[C@]12CCC(=O)C=C1C=C[C@H]1[C@@H]3[C@@H]4C[C@@H]4C4(CCC(=O)O4)[C@@]3(C)CC[C@@H]12. The lowest BCUT2D eigenvalue weighted by Gasteiger charge is -2.59. The highest BCUT2D eigenvalue weighted by Crippen LogP contribution is 2.78.